The highest BCUT2D eigenvalue weighted by Crippen LogP contribution is 2.50. The third-order valence-electron chi connectivity index (χ3n) is 23.2. The molecular formula is C93H78Cl8F7N21O6. The molecule has 3 saturated heterocycles. The zero-order valence-corrected chi connectivity index (χ0v) is 79.2. The number of anilines is 6. The van der Waals surface area contributed by atoms with E-state index in [2.05, 4.69) is 51.8 Å². The van der Waals surface area contributed by atoms with Gasteiger partial charge in [0.2, 0.25) is 17.7 Å². The molecule has 0 bridgehead atoms. The number of carbonyl (C=O) groups excluding carboxylic acids is 3. The van der Waals surface area contributed by atoms with Gasteiger partial charge in [-0.1, -0.05) is 154 Å². The quantitative estimate of drug-likeness (QED) is 0.0282. The summed E-state index contributed by atoms with van der Waals surface area (Å²) in [5.74, 6) is -11.6. The minimum Gasteiger partial charge on any atom is -0.396 e. The Morgan fingerprint density at radius 3 is 0.867 bits per heavy atom. The lowest BCUT2D eigenvalue weighted by Crippen LogP contribution is -2.49. The van der Waals surface area contributed by atoms with E-state index in [-0.39, 0.29) is 181 Å². The molecule has 27 nitrogen and oxygen atoms in total. The van der Waals surface area contributed by atoms with Crippen molar-refractivity contribution in [3.8, 4) is 69.0 Å². The highest BCUT2D eigenvalue weighted by atomic mass is 35.5. The molecule has 135 heavy (non-hydrogen) atoms. The molecule has 12 aromatic rings. The van der Waals surface area contributed by atoms with Crippen LogP contribution in [0.1, 0.15) is 110 Å². The second kappa shape index (κ2) is 39.8. The topological polar surface area (TPSA) is 363 Å². The van der Waals surface area contributed by atoms with Crippen LogP contribution in [0, 0.1) is 95.5 Å². The molecule has 0 radical (unpaired) electrons. The number of hydrogen-bond donors (Lipinski definition) is 3. The number of piperazine rings is 3. The van der Waals surface area contributed by atoms with Crippen LogP contribution in [-0.2, 0) is 14.4 Å². The summed E-state index contributed by atoms with van der Waals surface area (Å²) in [7, 11) is 0. The molecule has 6 N–H and O–H groups in total. The van der Waals surface area contributed by atoms with E-state index in [9.17, 15) is 70.9 Å². The van der Waals surface area contributed by atoms with Crippen molar-refractivity contribution in [2.75, 3.05) is 110 Å². The van der Waals surface area contributed by atoms with Gasteiger partial charge in [-0.05, 0) is 110 Å². The van der Waals surface area contributed by atoms with Crippen LogP contribution in [-0.4, -0.2) is 155 Å². The average molecular weight is 2000 g/mol. The molecule has 3 aromatic carbocycles. The molecule has 0 spiro atoms. The van der Waals surface area contributed by atoms with Gasteiger partial charge < -0.3 is 46.6 Å². The summed E-state index contributed by atoms with van der Waals surface area (Å²) >= 11 is 50.7. The van der Waals surface area contributed by atoms with E-state index >= 15 is 4.39 Å². The van der Waals surface area contributed by atoms with Crippen molar-refractivity contribution in [2.45, 2.75) is 80.1 Å². The number of nitrogens with two attached hydrogens (primary N) is 3. The Bertz CT molecular complexity index is 6650. The van der Waals surface area contributed by atoms with Crippen molar-refractivity contribution in [3.05, 3.63) is 255 Å². The first kappa shape index (κ1) is 99.4. The number of nitrogens with zero attached hydrogens (tertiary/aromatic N) is 18. The smallest absolute Gasteiger partial charge is 0.276 e. The highest BCUT2D eigenvalue weighted by molar-refractivity contribution is 6.46. The summed E-state index contributed by atoms with van der Waals surface area (Å²) in [6, 6.07) is 15.6. The van der Waals surface area contributed by atoms with E-state index in [1.165, 1.54) is 50.1 Å². The molecule has 0 unspecified atom stereocenters. The molecule has 12 heterocycles. The molecule has 0 saturated carbocycles. The monoisotopic (exact) mass is 2000 g/mol. The van der Waals surface area contributed by atoms with E-state index in [1.54, 1.807) is 77.2 Å². The number of fused-ring (bicyclic) bond motifs is 3. The molecule has 0 aliphatic carbocycles. The van der Waals surface area contributed by atoms with Gasteiger partial charge in [-0.3, -0.25) is 57.4 Å². The van der Waals surface area contributed by atoms with Crippen LogP contribution in [0.25, 0.3) is 83.9 Å². The molecule has 15 rings (SSSR count). The first-order valence-electron chi connectivity index (χ1n) is 41.3. The lowest BCUT2D eigenvalue weighted by atomic mass is 10.0. The van der Waals surface area contributed by atoms with Crippen LogP contribution in [0.2, 0.25) is 40.2 Å². The number of rotatable bonds is 15. The number of aryl methyl sites for hydroxylation is 3. The molecule has 3 amide bonds. The first-order chi connectivity index (χ1) is 64.0. The Hall–Kier alpha value is -13.1. The normalized spacial score (nSPS) is 13.4. The lowest BCUT2D eigenvalue weighted by Gasteiger charge is -2.36. The first-order valence-corrected chi connectivity index (χ1v) is 44.3. The van der Waals surface area contributed by atoms with E-state index < -0.39 is 111 Å². The number of amides is 3. The number of halogens is 15. The standard InChI is InChI=1S/2C31H26Cl3F2N7O2.C31H26Cl2F3N7O2/c2*1-5-19(44)41-8-10-42(11-9-41)29-16-12-18(32)27(20-21(33)22(34)23(35)24(36)25(20)38)40-30(16)43(31(45)17(29)13-37)28-15(4)6-7-39-26(28)14(2)3;1-5-19(44)41-8-10-42(11-9-41)29-16-12-18(32)27(20-22(34)21(33)23(35)24(36)25(20)38)40-30(16)43(31(45)17(29)13-37)28-15(4)6-7-39-26(28)14(2)3/h3*5-7,12,14H,1,8-11,38H2,2-4H3. The molecule has 0 atom stereocenters. The number of carbonyl (C=O) groups is 3. The van der Waals surface area contributed by atoms with Crippen LogP contribution in [0.4, 0.5) is 64.9 Å². The lowest BCUT2D eigenvalue weighted by molar-refractivity contribution is -0.127. The van der Waals surface area contributed by atoms with Crippen LogP contribution in [0.3, 0.4) is 0 Å². The predicted octanol–water partition coefficient (Wildman–Crippen LogP) is 18.7. The molecule has 3 aliphatic heterocycles. The van der Waals surface area contributed by atoms with Gasteiger partial charge in [-0.25, -0.2) is 45.7 Å². The summed E-state index contributed by atoms with van der Waals surface area (Å²) in [6.07, 6.45) is 8.47. The molecule has 42 heteroatoms. The molecule has 3 fully saturated rings. The van der Waals surface area contributed by atoms with E-state index in [1.807, 2.05) is 57.4 Å². The summed E-state index contributed by atoms with van der Waals surface area (Å²) in [6.45, 7) is 30.7. The highest BCUT2D eigenvalue weighted by Gasteiger charge is 2.38. The average Bonchev–Trinajstić information content (AvgIpc) is 0.728. The SMILES string of the molecule is C=CC(=O)N1CCN(c2c(C#N)c(=O)n(-c3c(C)ccnc3C(C)C)c3nc(-c4c(N)c(F)c(F)c(Cl)c4Cl)c(Cl)cc23)CC1.C=CC(=O)N1CCN(c2c(C#N)c(=O)n(-c3c(C)ccnc3C(C)C)c3nc(-c4c(N)c(F)c(F)c(Cl)c4Cl)c(Cl)cc23)CC1.C=CC(=O)N1CCN(c2c(C#N)c(=O)n(-c3c(C)ccnc3C(C)C)c3nc(-c4c(N)c(F)c(F)c(Cl)c4F)c(Cl)cc23)CC1. The van der Waals surface area contributed by atoms with Crippen molar-refractivity contribution in [3.63, 3.8) is 0 Å². The molecular weight excluding hydrogens is 1920 g/mol. The van der Waals surface area contributed by atoms with Gasteiger partial charge in [0.25, 0.3) is 16.7 Å². The second-order valence-corrected chi connectivity index (χ2v) is 35.3. The summed E-state index contributed by atoms with van der Waals surface area (Å²) in [5, 5.41) is 28.1. The van der Waals surface area contributed by atoms with Gasteiger partial charge in [-0.15, -0.1) is 0 Å². The second-order valence-electron chi connectivity index (χ2n) is 32.2. The Labute approximate surface area is 806 Å². The number of nitrogen functional groups attached to an aromatic ring is 3. The number of hydrogen-bond acceptors (Lipinski definition) is 21. The largest absolute Gasteiger partial charge is 0.396 e. The van der Waals surface area contributed by atoms with Gasteiger partial charge in [0.05, 0.1) is 126 Å². The third-order valence-corrected chi connectivity index (χ3v) is 26.1. The maximum absolute atomic E-state index is 15.4. The number of aromatic nitrogens is 9. The third kappa shape index (κ3) is 17.7. The van der Waals surface area contributed by atoms with Crippen molar-refractivity contribution in [2.24, 2.45) is 0 Å². The fourth-order valence-corrected chi connectivity index (χ4v) is 18.4. The Morgan fingerprint density at radius 1 is 0.378 bits per heavy atom. The van der Waals surface area contributed by atoms with Crippen molar-refractivity contribution < 1.29 is 45.1 Å². The number of benzene rings is 3. The van der Waals surface area contributed by atoms with E-state index in [0.29, 0.717) is 87.8 Å². The van der Waals surface area contributed by atoms with E-state index in [4.69, 9.17) is 120 Å². The van der Waals surface area contributed by atoms with E-state index in [0.717, 1.165) is 0 Å². The molecule has 9 aromatic heterocycles. The van der Waals surface area contributed by atoms with Gasteiger partial charge in [0, 0.05) is 124 Å². The predicted molar refractivity (Wildman–Crippen MR) is 512 cm³/mol. The van der Waals surface area contributed by atoms with Gasteiger partial charge in [0.1, 0.15) is 56.9 Å². The van der Waals surface area contributed by atoms with Crippen LogP contribution in [0.15, 0.2) is 107 Å². The number of pyridine rings is 9. The minimum absolute atomic E-state index is 0.0346. The van der Waals surface area contributed by atoms with Crippen LogP contribution < -0.4 is 48.6 Å². The Balaban J connectivity index is 0.000000171. The van der Waals surface area contributed by atoms with Gasteiger partial charge in [0.15, 0.2) is 40.7 Å². The zero-order chi connectivity index (χ0) is 98.7. The van der Waals surface area contributed by atoms with Crippen LogP contribution >= 0.6 is 92.8 Å². The fraction of sp³-hybridized carbons (Fsp3) is 0.258. The van der Waals surface area contributed by atoms with Gasteiger partial charge >= 0.3 is 0 Å². The summed E-state index contributed by atoms with van der Waals surface area (Å²) in [5.41, 5.74) is 16.3. The maximum atomic E-state index is 15.4. The Kier molecular flexibility index (Phi) is 29.3. The molecule has 696 valence electrons. The maximum Gasteiger partial charge on any atom is 0.276 e. The Morgan fingerprint density at radius 2 is 0.622 bits per heavy atom. The fourth-order valence-electron chi connectivity index (χ4n) is 16.6. The van der Waals surface area contributed by atoms with Crippen molar-refractivity contribution >= 4 is 178 Å². The number of nitriles is 3. The van der Waals surface area contributed by atoms with Crippen molar-refractivity contribution in [1.29, 1.82) is 15.8 Å². The van der Waals surface area contributed by atoms with Crippen LogP contribution in [0.5, 0.6) is 0 Å². The summed E-state index contributed by atoms with van der Waals surface area (Å²) < 4.78 is 107. The van der Waals surface area contributed by atoms with Gasteiger partial charge in [-0.2, -0.15) is 15.8 Å². The zero-order valence-electron chi connectivity index (χ0n) is 73.2. The molecule has 3 aliphatic rings. The summed E-state index contributed by atoms with van der Waals surface area (Å²) in [4.78, 5) is 118. The van der Waals surface area contributed by atoms with Crippen molar-refractivity contribution in [1.82, 2.24) is 58.3 Å². The minimum atomic E-state index is -1.67.